The number of ether oxygens (including phenoxy) is 1. The molecule has 0 saturated carbocycles. The van der Waals surface area contributed by atoms with Crippen LogP contribution in [-0.4, -0.2) is 54.7 Å². The van der Waals surface area contributed by atoms with E-state index in [0.717, 1.165) is 24.6 Å². The number of thioether (sulfide) groups is 1. The van der Waals surface area contributed by atoms with E-state index < -0.39 is 0 Å². The predicted octanol–water partition coefficient (Wildman–Crippen LogP) is 5.45. The number of ketones is 1. The minimum atomic E-state index is -0.154. The molecule has 2 aromatic heterocycles. The summed E-state index contributed by atoms with van der Waals surface area (Å²) >= 11 is 1.25. The van der Waals surface area contributed by atoms with Crippen molar-refractivity contribution in [1.82, 2.24) is 4.90 Å². The molecule has 1 atom stereocenters. The number of carbonyl (C=O) groups excluding carboxylic acids is 1. The number of nitrogens with zero attached hydrogens (tertiary/aromatic N) is 3. The quantitative estimate of drug-likeness (QED) is 0.164. The zero-order chi connectivity index (χ0) is 24.2. The first-order chi connectivity index (χ1) is 16.6. The van der Waals surface area contributed by atoms with Gasteiger partial charge in [-0.15, -0.1) is 0 Å². The number of hydrogen-bond acceptors (Lipinski definition) is 8. The number of aliphatic imine (C=N–C) groups is 2. The van der Waals surface area contributed by atoms with Crippen molar-refractivity contribution in [3.05, 3.63) is 84.9 Å². The first-order valence-electron chi connectivity index (χ1n) is 11.2. The molecule has 0 aliphatic carbocycles. The lowest BCUT2D eigenvalue weighted by atomic mass is 9.97. The van der Waals surface area contributed by atoms with Crippen LogP contribution in [0.5, 0.6) is 0 Å². The van der Waals surface area contributed by atoms with Crippen molar-refractivity contribution in [1.29, 1.82) is 0 Å². The van der Waals surface area contributed by atoms with E-state index in [1.54, 1.807) is 25.7 Å². The molecule has 0 aromatic carbocycles. The van der Waals surface area contributed by atoms with Gasteiger partial charge in [0.2, 0.25) is 5.90 Å². The number of rotatable bonds is 13. The van der Waals surface area contributed by atoms with Crippen molar-refractivity contribution in [2.24, 2.45) is 9.98 Å². The van der Waals surface area contributed by atoms with Gasteiger partial charge in [-0.25, -0.2) is 4.99 Å². The largest absolute Gasteiger partial charge is 0.469 e. The van der Waals surface area contributed by atoms with Gasteiger partial charge in [0.05, 0.1) is 30.5 Å². The third-order valence-corrected chi connectivity index (χ3v) is 6.15. The fourth-order valence-corrected chi connectivity index (χ4v) is 4.19. The summed E-state index contributed by atoms with van der Waals surface area (Å²) in [5.74, 6) is 2.00. The maximum absolute atomic E-state index is 12.6. The minimum absolute atomic E-state index is 0.0546. The van der Waals surface area contributed by atoms with Crippen LogP contribution in [-0.2, 0) is 9.53 Å². The smallest absolute Gasteiger partial charge is 0.209 e. The van der Waals surface area contributed by atoms with Crippen LogP contribution in [0.15, 0.2) is 92.2 Å². The van der Waals surface area contributed by atoms with E-state index in [1.165, 1.54) is 30.8 Å². The minimum Gasteiger partial charge on any atom is -0.469 e. The Morgan fingerprint density at radius 1 is 1.26 bits per heavy atom. The molecule has 7 nitrogen and oxygen atoms in total. The average Bonchev–Trinajstić information content (AvgIpc) is 3.62. The van der Waals surface area contributed by atoms with E-state index in [4.69, 9.17) is 13.6 Å². The second-order valence-electron chi connectivity index (χ2n) is 7.75. The second-order valence-corrected chi connectivity index (χ2v) is 8.78. The zero-order valence-corrected chi connectivity index (χ0v) is 20.3. The van der Waals surface area contributed by atoms with E-state index in [1.807, 2.05) is 30.3 Å². The van der Waals surface area contributed by atoms with Gasteiger partial charge < -0.3 is 13.6 Å². The van der Waals surface area contributed by atoms with Gasteiger partial charge in [0, 0.05) is 25.6 Å². The topological polar surface area (TPSA) is 80.5 Å². The van der Waals surface area contributed by atoms with Crippen LogP contribution in [0.1, 0.15) is 36.7 Å². The average molecular weight is 482 g/mol. The van der Waals surface area contributed by atoms with Crippen molar-refractivity contribution < 1.29 is 18.4 Å². The van der Waals surface area contributed by atoms with Crippen molar-refractivity contribution in [3.63, 3.8) is 0 Å². The van der Waals surface area contributed by atoms with Gasteiger partial charge in [0.25, 0.3) is 0 Å². The molecule has 3 heterocycles. The molecule has 1 aliphatic heterocycles. The summed E-state index contributed by atoms with van der Waals surface area (Å²) in [6.45, 7) is 10.3. The third-order valence-electron chi connectivity index (χ3n) is 5.31. The molecule has 1 fully saturated rings. The van der Waals surface area contributed by atoms with Crippen molar-refractivity contribution >= 4 is 29.2 Å². The molecule has 0 radical (unpaired) electrons. The van der Waals surface area contributed by atoms with E-state index in [2.05, 4.69) is 28.0 Å². The van der Waals surface area contributed by atoms with E-state index in [0.29, 0.717) is 29.7 Å². The van der Waals surface area contributed by atoms with Crippen LogP contribution in [0.3, 0.4) is 0 Å². The summed E-state index contributed by atoms with van der Waals surface area (Å²) in [4.78, 5) is 23.4. The Bertz CT molecular complexity index is 1020. The normalized spacial score (nSPS) is 16.1. The monoisotopic (exact) mass is 481 g/mol. The molecule has 1 aliphatic rings. The molecule has 2 aromatic rings. The lowest BCUT2D eigenvalue weighted by Crippen LogP contribution is -2.28. The van der Waals surface area contributed by atoms with Crippen LogP contribution in [0.25, 0.3) is 0 Å². The van der Waals surface area contributed by atoms with Crippen LogP contribution >= 0.6 is 11.8 Å². The van der Waals surface area contributed by atoms with Crippen LogP contribution < -0.4 is 0 Å². The lowest BCUT2D eigenvalue weighted by molar-refractivity contribution is -0.112. The van der Waals surface area contributed by atoms with Crippen molar-refractivity contribution in [3.8, 4) is 0 Å². The molecule has 8 heteroatoms. The first kappa shape index (κ1) is 25.5. The number of furan rings is 2. The molecular weight excluding hydrogens is 450 g/mol. The Morgan fingerprint density at radius 2 is 2.03 bits per heavy atom. The Kier molecular flexibility index (Phi) is 10.2. The maximum Gasteiger partial charge on any atom is 0.209 e. The van der Waals surface area contributed by atoms with Gasteiger partial charge in [-0.1, -0.05) is 24.4 Å². The standard InChI is InChI=1S/C26H31N3O4S/c1-4-28-26(18-29-13-5-6-14-29)33-20(2)34-19-22(30)12-11-21(24-9-7-15-31-24)17-23(27-3)25-10-8-16-32-25/h4,7-12,15-16,21H,1-2,5-6,13-14,17-19H2,3H3/b12-11-,27-23+,28-26-. The molecule has 0 bridgehead atoms. The number of allylic oxidation sites excluding steroid dienone is 2. The second kappa shape index (κ2) is 13.6. The van der Waals surface area contributed by atoms with Crippen molar-refractivity contribution in [2.75, 3.05) is 32.4 Å². The highest BCUT2D eigenvalue weighted by Gasteiger charge is 2.18. The lowest BCUT2D eigenvalue weighted by Gasteiger charge is -2.16. The highest BCUT2D eigenvalue weighted by molar-refractivity contribution is 8.03. The van der Waals surface area contributed by atoms with E-state index in [9.17, 15) is 4.79 Å². The SMILES string of the molecule is C=C/N=C(/CN1CCCC1)OC(=C)SCC(=O)/C=C\C(C/C(=N\C)c1ccco1)c1ccco1. The van der Waals surface area contributed by atoms with Crippen LogP contribution in [0, 0.1) is 0 Å². The van der Waals surface area contributed by atoms with Gasteiger partial charge in [-0.3, -0.25) is 14.7 Å². The maximum atomic E-state index is 12.6. The van der Waals surface area contributed by atoms with Gasteiger partial charge in [-0.05, 0) is 62.9 Å². The molecule has 1 unspecified atom stereocenters. The molecule has 1 saturated heterocycles. The van der Waals surface area contributed by atoms with Gasteiger partial charge in [0.1, 0.15) is 11.5 Å². The Balaban J connectivity index is 1.54. The molecule has 0 spiro atoms. The molecule has 34 heavy (non-hydrogen) atoms. The Labute approximate surface area is 205 Å². The highest BCUT2D eigenvalue weighted by Crippen LogP contribution is 2.25. The fourth-order valence-electron chi connectivity index (χ4n) is 3.64. The van der Waals surface area contributed by atoms with Gasteiger partial charge >= 0.3 is 0 Å². The van der Waals surface area contributed by atoms with Crippen LogP contribution in [0.4, 0.5) is 0 Å². The number of hydrogen-bond donors (Lipinski definition) is 0. The van der Waals surface area contributed by atoms with E-state index >= 15 is 0 Å². The van der Waals surface area contributed by atoms with E-state index in [-0.39, 0.29) is 17.5 Å². The summed E-state index contributed by atoms with van der Waals surface area (Å²) in [6, 6.07) is 7.41. The molecule has 180 valence electrons. The predicted molar refractivity (Wildman–Crippen MR) is 137 cm³/mol. The summed E-state index contributed by atoms with van der Waals surface area (Å²) in [5.41, 5.74) is 0.798. The Hall–Kier alpha value is -3.10. The summed E-state index contributed by atoms with van der Waals surface area (Å²) in [5, 5.41) is 0.433. The first-order valence-corrected chi connectivity index (χ1v) is 12.2. The van der Waals surface area contributed by atoms with Gasteiger partial charge in [-0.2, -0.15) is 0 Å². The molecular formula is C26H31N3O4S. The third kappa shape index (κ3) is 8.04. The fraction of sp³-hybridized carbons (Fsp3) is 0.346. The molecule has 3 rings (SSSR count). The Morgan fingerprint density at radius 3 is 2.68 bits per heavy atom. The van der Waals surface area contributed by atoms with Crippen molar-refractivity contribution in [2.45, 2.75) is 25.2 Å². The number of carbonyl (C=O) groups is 1. The highest BCUT2D eigenvalue weighted by atomic mass is 32.2. The van der Waals surface area contributed by atoms with Gasteiger partial charge in [0.15, 0.2) is 10.9 Å². The summed E-state index contributed by atoms with van der Waals surface area (Å²) in [6.07, 6.45) is 11.0. The zero-order valence-electron chi connectivity index (χ0n) is 19.5. The molecule has 0 N–H and O–H groups in total. The molecule has 0 amide bonds. The summed E-state index contributed by atoms with van der Waals surface area (Å²) < 4.78 is 16.9. The summed E-state index contributed by atoms with van der Waals surface area (Å²) in [7, 11) is 1.72. The van der Waals surface area contributed by atoms with Crippen LogP contribution in [0.2, 0.25) is 0 Å². The number of likely N-dealkylation sites (tertiary alicyclic amines) is 1.